The van der Waals surface area contributed by atoms with Crippen molar-refractivity contribution >= 4 is 0 Å². The van der Waals surface area contributed by atoms with Crippen LogP contribution < -0.4 is 0 Å². The minimum Gasteiger partial charge on any atom is -0.335 e. The van der Waals surface area contributed by atoms with E-state index in [2.05, 4.69) is 36.5 Å². The normalized spacial score (nSPS) is 13.1. The van der Waals surface area contributed by atoms with E-state index in [1.54, 1.807) is 0 Å². The summed E-state index contributed by atoms with van der Waals surface area (Å²) in [6, 6.07) is 0. The Labute approximate surface area is 87.4 Å². The maximum Gasteiger partial charge on any atom is 0.108 e. The zero-order chi connectivity index (χ0) is 10.4. The molecule has 0 aliphatic rings. The van der Waals surface area contributed by atoms with E-state index in [1.807, 2.05) is 6.20 Å². The molecule has 0 N–H and O–H groups in total. The van der Waals surface area contributed by atoms with E-state index in [-0.39, 0.29) is 0 Å². The topological polar surface area (TPSA) is 17.8 Å². The first-order valence-electron chi connectivity index (χ1n) is 5.77. The quantitative estimate of drug-likeness (QED) is 0.679. The van der Waals surface area contributed by atoms with Crippen LogP contribution >= 0.6 is 0 Å². The minimum absolute atomic E-state index is 0.840. The zero-order valence-electron chi connectivity index (χ0n) is 9.66. The molecule has 0 bridgehead atoms. The molecule has 0 aromatic carbocycles. The highest BCUT2D eigenvalue weighted by Crippen LogP contribution is 2.12. The number of nitrogens with zero attached hydrogens (tertiary/aromatic N) is 2. The molecule has 1 heterocycles. The molecule has 1 unspecified atom stereocenters. The first-order valence-corrected chi connectivity index (χ1v) is 5.77. The van der Waals surface area contributed by atoms with E-state index in [0.717, 1.165) is 18.9 Å². The summed E-state index contributed by atoms with van der Waals surface area (Å²) in [5.74, 6) is 2.06. The van der Waals surface area contributed by atoms with Gasteiger partial charge in [-0.05, 0) is 12.3 Å². The largest absolute Gasteiger partial charge is 0.335 e. The highest BCUT2D eigenvalue weighted by atomic mass is 15.1. The first kappa shape index (κ1) is 11.3. The van der Waals surface area contributed by atoms with Gasteiger partial charge in [0.05, 0.1) is 0 Å². The lowest BCUT2D eigenvalue weighted by Gasteiger charge is -2.11. The smallest absolute Gasteiger partial charge is 0.108 e. The predicted molar refractivity (Wildman–Crippen MR) is 60.3 cm³/mol. The lowest BCUT2D eigenvalue weighted by atomic mass is 10.0. The summed E-state index contributed by atoms with van der Waals surface area (Å²) in [4.78, 5) is 4.32. The molecule has 0 spiro atoms. The van der Waals surface area contributed by atoms with Gasteiger partial charge < -0.3 is 4.57 Å². The summed E-state index contributed by atoms with van der Waals surface area (Å²) < 4.78 is 2.28. The molecule has 0 aliphatic carbocycles. The predicted octanol–water partition coefficient (Wildman–Crippen LogP) is 3.27. The number of aromatic nitrogens is 2. The van der Waals surface area contributed by atoms with Crippen LogP contribution in [0.4, 0.5) is 0 Å². The fourth-order valence-corrected chi connectivity index (χ4v) is 1.85. The molecule has 1 atom stereocenters. The van der Waals surface area contributed by atoms with Gasteiger partial charge in [-0.1, -0.05) is 33.6 Å². The Hall–Kier alpha value is -0.790. The highest BCUT2D eigenvalue weighted by Gasteiger charge is 2.03. The molecule has 0 radical (unpaired) electrons. The van der Waals surface area contributed by atoms with Crippen LogP contribution in [0.1, 0.15) is 45.9 Å². The van der Waals surface area contributed by atoms with Gasteiger partial charge in [-0.3, -0.25) is 0 Å². The van der Waals surface area contributed by atoms with Crippen molar-refractivity contribution in [2.75, 3.05) is 0 Å². The molecule has 80 valence electrons. The Kier molecular flexibility index (Phi) is 4.71. The van der Waals surface area contributed by atoms with Gasteiger partial charge in [0.15, 0.2) is 0 Å². The molecular weight excluding hydrogens is 172 g/mol. The molecule has 1 aromatic heterocycles. The summed E-state index contributed by atoms with van der Waals surface area (Å²) in [5, 5.41) is 0. The van der Waals surface area contributed by atoms with Crippen molar-refractivity contribution < 1.29 is 0 Å². The van der Waals surface area contributed by atoms with E-state index < -0.39 is 0 Å². The van der Waals surface area contributed by atoms with Gasteiger partial charge in [0.2, 0.25) is 0 Å². The Morgan fingerprint density at radius 2 is 2.14 bits per heavy atom. The van der Waals surface area contributed by atoms with Crippen molar-refractivity contribution in [3.63, 3.8) is 0 Å². The van der Waals surface area contributed by atoms with Crippen LogP contribution in [0.5, 0.6) is 0 Å². The molecular formula is C12H22N2. The van der Waals surface area contributed by atoms with Gasteiger partial charge in [0.25, 0.3) is 0 Å². The summed E-state index contributed by atoms with van der Waals surface area (Å²) in [7, 11) is 0. The summed E-state index contributed by atoms with van der Waals surface area (Å²) in [5.41, 5.74) is 0. The second kappa shape index (κ2) is 5.84. The molecule has 14 heavy (non-hydrogen) atoms. The van der Waals surface area contributed by atoms with Crippen LogP contribution in [-0.2, 0) is 13.0 Å². The third kappa shape index (κ3) is 3.17. The van der Waals surface area contributed by atoms with E-state index in [9.17, 15) is 0 Å². The van der Waals surface area contributed by atoms with E-state index >= 15 is 0 Å². The molecule has 1 aromatic rings. The van der Waals surface area contributed by atoms with Crippen molar-refractivity contribution in [3.05, 3.63) is 18.2 Å². The van der Waals surface area contributed by atoms with Gasteiger partial charge in [-0.15, -0.1) is 0 Å². The number of aryl methyl sites for hydroxylation is 2. The van der Waals surface area contributed by atoms with Gasteiger partial charge in [-0.25, -0.2) is 4.98 Å². The Bertz CT molecular complexity index is 253. The Balaban J connectivity index is 2.37. The second-order valence-corrected chi connectivity index (χ2v) is 4.07. The molecule has 0 amide bonds. The maximum absolute atomic E-state index is 4.32. The van der Waals surface area contributed by atoms with Gasteiger partial charge in [-0.2, -0.15) is 0 Å². The Morgan fingerprint density at radius 3 is 2.79 bits per heavy atom. The first-order chi connectivity index (χ1) is 6.77. The number of rotatable bonds is 6. The average molecular weight is 194 g/mol. The van der Waals surface area contributed by atoms with Gasteiger partial charge in [0.1, 0.15) is 5.82 Å². The number of hydrogen-bond acceptors (Lipinski definition) is 1. The summed E-state index contributed by atoms with van der Waals surface area (Å²) in [6.45, 7) is 7.88. The average Bonchev–Trinajstić information content (AvgIpc) is 2.62. The van der Waals surface area contributed by atoms with E-state index in [0.29, 0.717) is 0 Å². The van der Waals surface area contributed by atoms with Crippen LogP contribution in [0.15, 0.2) is 12.4 Å². The van der Waals surface area contributed by atoms with Crippen LogP contribution in [0.3, 0.4) is 0 Å². The molecule has 0 saturated carbocycles. The third-order valence-corrected chi connectivity index (χ3v) is 2.76. The van der Waals surface area contributed by atoms with E-state index in [1.165, 1.54) is 25.1 Å². The fourth-order valence-electron chi connectivity index (χ4n) is 1.85. The van der Waals surface area contributed by atoms with Crippen molar-refractivity contribution in [1.82, 2.24) is 9.55 Å². The lowest BCUT2D eigenvalue weighted by molar-refractivity contribution is 0.442. The Morgan fingerprint density at radius 1 is 1.36 bits per heavy atom. The monoisotopic (exact) mass is 194 g/mol. The molecule has 2 heteroatoms. The summed E-state index contributed by atoms with van der Waals surface area (Å²) in [6.07, 6.45) is 8.95. The number of hydrogen-bond donors (Lipinski definition) is 0. The minimum atomic E-state index is 0.840. The maximum atomic E-state index is 4.32. The second-order valence-electron chi connectivity index (χ2n) is 4.07. The fraction of sp³-hybridized carbons (Fsp3) is 0.750. The summed E-state index contributed by atoms with van der Waals surface area (Å²) >= 11 is 0. The van der Waals surface area contributed by atoms with Gasteiger partial charge >= 0.3 is 0 Å². The van der Waals surface area contributed by atoms with Crippen molar-refractivity contribution in [3.8, 4) is 0 Å². The number of imidazole rings is 1. The van der Waals surface area contributed by atoms with E-state index in [4.69, 9.17) is 0 Å². The molecule has 0 fully saturated rings. The third-order valence-electron chi connectivity index (χ3n) is 2.76. The molecule has 0 aliphatic heterocycles. The lowest BCUT2D eigenvalue weighted by Crippen LogP contribution is -2.06. The standard InChI is InChI=1S/C12H22N2/c1-4-6-11(3)7-9-14-10-8-13-12(14)5-2/h8,10-11H,4-7,9H2,1-3H3. The van der Waals surface area contributed by atoms with Crippen molar-refractivity contribution in [2.24, 2.45) is 5.92 Å². The SMILES string of the molecule is CCCC(C)CCn1ccnc1CC. The van der Waals surface area contributed by atoms with Gasteiger partial charge in [0, 0.05) is 25.4 Å². The van der Waals surface area contributed by atoms with Crippen LogP contribution in [0, 0.1) is 5.92 Å². The van der Waals surface area contributed by atoms with Crippen molar-refractivity contribution in [2.45, 2.75) is 53.0 Å². The van der Waals surface area contributed by atoms with Crippen LogP contribution in [-0.4, -0.2) is 9.55 Å². The zero-order valence-corrected chi connectivity index (χ0v) is 9.66. The highest BCUT2D eigenvalue weighted by molar-refractivity contribution is 4.91. The molecule has 1 rings (SSSR count). The van der Waals surface area contributed by atoms with Crippen LogP contribution in [0.25, 0.3) is 0 Å². The van der Waals surface area contributed by atoms with Crippen molar-refractivity contribution in [1.29, 1.82) is 0 Å². The molecule has 0 saturated heterocycles. The van der Waals surface area contributed by atoms with Crippen LogP contribution in [0.2, 0.25) is 0 Å². The molecule has 2 nitrogen and oxygen atoms in total.